The van der Waals surface area contributed by atoms with Crippen LogP contribution in [0, 0.1) is 6.92 Å². The van der Waals surface area contributed by atoms with Crippen LogP contribution in [-0.2, 0) is 0 Å². The van der Waals surface area contributed by atoms with Crippen LogP contribution in [0.25, 0.3) is 33.7 Å². The number of pyridine rings is 1. The van der Waals surface area contributed by atoms with E-state index < -0.39 is 0 Å². The van der Waals surface area contributed by atoms with Crippen LogP contribution in [0.1, 0.15) is 12.5 Å². The SMILES string of the molecule is CCOc1ccccc1-c1nc(-c2ncc3ccccc3n2)ccc1C. The quantitative estimate of drug-likeness (QED) is 0.520. The zero-order valence-corrected chi connectivity index (χ0v) is 14.8. The van der Waals surface area contributed by atoms with Gasteiger partial charge in [-0.15, -0.1) is 0 Å². The van der Waals surface area contributed by atoms with Crippen LogP contribution >= 0.6 is 0 Å². The van der Waals surface area contributed by atoms with E-state index in [2.05, 4.69) is 23.0 Å². The molecule has 0 saturated carbocycles. The number of aryl methyl sites for hydroxylation is 1. The van der Waals surface area contributed by atoms with Gasteiger partial charge in [0.05, 0.1) is 17.8 Å². The molecule has 2 heterocycles. The molecule has 0 atom stereocenters. The van der Waals surface area contributed by atoms with E-state index in [1.165, 1.54) is 0 Å². The number of aromatic nitrogens is 3. The predicted octanol–water partition coefficient (Wildman–Crippen LogP) is 5.07. The lowest BCUT2D eigenvalue weighted by molar-refractivity contribution is 0.341. The summed E-state index contributed by atoms with van der Waals surface area (Å²) in [5.74, 6) is 1.46. The summed E-state index contributed by atoms with van der Waals surface area (Å²) in [7, 11) is 0. The zero-order chi connectivity index (χ0) is 17.9. The van der Waals surface area contributed by atoms with E-state index in [1.54, 1.807) is 0 Å². The number of para-hydroxylation sites is 2. The van der Waals surface area contributed by atoms with Crippen molar-refractivity contribution in [3.05, 3.63) is 72.4 Å². The molecule has 4 aromatic rings. The van der Waals surface area contributed by atoms with Crippen molar-refractivity contribution in [1.82, 2.24) is 15.0 Å². The van der Waals surface area contributed by atoms with Gasteiger partial charge in [0.1, 0.15) is 11.4 Å². The Bertz CT molecular complexity index is 1080. The Morgan fingerprint density at radius 3 is 2.58 bits per heavy atom. The zero-order valence-electron chi connectivity index (χ0n) is 14.8. The average molecular weight is 341 g/mol. The van der Waals surface area contributed by atoms with Gasteiger partial charge in [-0.1, -0.05) is 36.4 Å². The van der Waals surface area contributed by atoms with Crippen molar-refractivity contribution in [2.75, 3.05) is 6.61 Å². The third kappa shape index (κ3) is 3.02. The molecule has 0 spiro atoms. The van der Waals surface area contributed by atoms with Crippen LogP contribution in [0.2, 0.25) is 0 Å². The number of hydrogen-bond acceptors (Lipinski definition) is 4. The first kappa shape index (κ1) is 16.2. The molecule has 0 radical (unpaired) electrons. The lowest BCUT2D eigenvalue weighted by Gasteiger charge is -2.12. The van der Waals surface area contributed by atoms with Gasteiger partial charge in [-0.25, -0.2) is 15.0 Å². The maximum absolute atomic E-state index is 5.78. The summed E-state index contributed by atoms with van der Waals surface area (Å²) in [4.78, 5) is 14.0. The number of benzene rings is 2. The predicted molar refractivity (Wildman–Crippen MR) is 104 cm³/mol. The van der Waals surface area contributed by atoms with Gasteiger partial charge in [-0.3, -0.25) is 0 Å². The normalized spacial score (nSPS) is 10.8. The minimum atomic E-state index is 0.615. The Morgan fingerprint density at radius 2 is 1.69 bits per heavy atom. The molecule has 0 aliphatic carbocycles. The molecule has 0 aliphatic rings. The molecule has 4 rings (SSSR count). The standard InChI is InChI=1S/C22H19N3O/c1-3-26-20-11-7-5-9-17(20)21-15(2)12-13-19(24-21)22-23-14-16-8-4-6-10-18(16)25-22/h4-14H,3H2,1-2H3. The number of fused-ring (bicyclic) bond motifs is 1. The third-order valence-electron chi connectivity index (χ3n) is 4.26. The number of nitrogens with zero attached hydrogens (tertiary/aromatic N) is 3. The topological polar surface area (TPSA) is 47.9 Å². The number of rotatable bonds is 4. The molecule has 2 aromatic heterocycles. The second kappa shape index (κ2) is 6.92. The highest BCUT2D eigenvalue weighted by Gasteiger charge is 2.13. The van der Waals surface area contributed by atoms with Gasteiger partial charge in [-0.2, -0.15) is 0 Å². The molecule has 0 aliphatic heterocycles. The van der Waals surface area contributed by atoms with Crippen molar-refractivity contribution in [3.63, 3.8) is 0 Å². The molecule has 0 saturated heterocycles. The Hall–Kier alpha value is -3.27. The second-order valence-corrected chi connectivity index (χ2v) is 6.04. The van der Waals surface area contributed by atoms with Crippen molar-refractivity contribution in [3.8, 4) is 28.5 Å². The monoisotopic (exact) mass is 341 g/mol. The van der Waals surface area contributed by atoms with Gasteiger partial charge in [0.2, 0.25) is 0 Å². The van der Waals surface area contributed by atoms with E-state index in [0.29, 0.717) is 12.4 Å². The Morgan fingerprint density at radius 1 is 0.885 bits per heavy atom. The van der Waals surface area contributed by atoms with Crippen LogP contribution in [0.15, 0.2) is 66.9 Å². The lowest BCUT2D eigenvalue weighted by atomic mass is 10.0. The van der Waals surface area contributed by atoms with Gasteiger partial charge in [0, 0.05) is 17.1 Å². The van der Waals surface area contributed by atoms with Crippen molar-refractivity contribution in [1.29, 1.82) is 0 Å². The smallest absolute Gasteiger partial charge is 0.178 e. The summed E-state index contributed by atoms with van der Waals surface area (Å²) < 4.78 is 5.78. The first-order valence-electron chi connectivity index (χ1n) is 8.68. The summed E-state index contributed by atoms with van der Waals surface area (Å²) in [5.41, 5.74) is 4.62. The minimum Gasteiger partial charge on any atom is -0.493 e. The van der Waals surface area contributed by atoms with Crippen molar-refractivity contribution >= 4 is 10.9 Å². The molecule has 26 heavy (non-hydrogen) atoms. The molecule has 0 amide bonds. The lowest BCUT2D eigenvalue weighted by Crippen LogP contribution is -1.99. The number of ether oxygens (including phenoxy) is 1. The first-order chi connectivity index (χ1) is 12.8. The molecule has 0 bridgehead atoms. The summed E-state index contributed by atoms with van der Waals surface area (Å²) in [6.07, 6.45) is 1.84. The third-order valence-corrected chi connectivity index (χ3v) is 4.26. The first-order valence-corrected chi connectivity index (χ1v) is 8.68. The summed E-state index contributed by atoms with van der Waals surface area (Å²) in [6, 6.07) is 19.9. The van der Waals surface area contributed by atoms with Crippen LogP contribution in [0.4, 0.5) is 0 Å². The molecule has 4 nitrogen and oxygen atoms in total. The fourth-order valence-corrected chi connectivity index (χ4v) is 2.97. The van der Waals surface area contributed by atoms with Crippen molar-refractivity contribution < 1.29 is 4.74 Å². The minimum absolute atomic E-state index is 0.615. The fourth-order valence-electron chi connectivity index (χ4n) is 2.97. The van der Waals surface area contributed by atoms with Gasteiger partial charge >= 0.3 is 0 Å². The van der Waals surface area contributed by atoms with E-state index in [0.717, 1.165) is 39.2 Å². The maximum atomic E-state index is 5.78. The molecule has 0 unspecified atom stereocenters. The molecule has 4 heteroatoms. The van der Waals surface area contributed by atoms with Crippen LogP contribution in [-0.4, -0.2) is 21.6 Å². The average Bonchev–Trinajstić information content (AvgIpc) is 2.69. The van der Waals surface area contributed by atoms with Gasteiger partial charge in [0.15, 0.2) is 5.82 Å². The number of hydrogen-bond donors (Lipinski definition) is 0. The van der Waals surface area contributed by atoms with Crippen LogP contribution < -0.4 is 4.74 Å². The Kier molecular flexibility index (Phi) is 4.32. The molecular formula is C22H19N3O. The van der Waals surface area contributed by atoms with E-state index in [4.69, 9.17) is 9.72 Å². The molecule has 128 valence electrons. The van der Waals surface area contributed by atoms with Crippen molar-refractivity contribution in [2.24, 2.45) is 0 Å². The Balaban J connectivity index is 1.84. The highest BCUT2D eigenvalue weighted by atomic mass is 16.5. The van der Waals surface area contributed by atoms with E-state index in [-0.39, 0.29) is 0 Å². The van der Waals surface area contributed by atoms with Gasteiger partial charge < -0.3 is 4.74 Å². The van der Waals surface area contributed by atoms with Gasteiger partial charge in [-0.05, 0) is 43.7 Å². The molecule has 0 N–H and O–H groups in total. The molecule has 0 fully saturated rings. The maximum Gasteiger partial charge on any atom is 0.178 e. The van der Waals surface area contributed by atoms with E-state index >= 15 is 0 Å². The molecule has 2 aromatic carbocycles. The molecular weight excluding hydrogens is 322 g/mol. The second-order valence-electron chi connectivity index (χ2n) is 6.04. The largest absolute Gasteiger partial charge is 0.493 e. The summed E-state index contributed by atoms with van der Waals surface area (Å²) >= 11 is 0. The highest BCUT2D eigenvalue weighted by molar-refractivity contribution is 5.79. The van der Waals surface area contributed by atoms with Crippen molar-refractivity contribution in [2.45, 2.75) is 13.8 Å². The van der Waals surface area contributed by atoms with E-state index in [9.17, 15) is 0 Å². The fraction of sp³-hybridized carbons (Fsp3) is 0.136. The van der Waals surface area contributed by atoms with Crippen LogP contribution in [0.5, 0.6) is 5.75 Å². The summed E-state index contributed by atoms with van der Waals surface area (Å²) in [6.45, 7) is 4.65. The highest BCUT2D eigenvalue weighted by Crippen LogP contribution is 2.32. The van der Waals surface area contributed by atoms with Crippen LogP contribution in [0.3, 0.4) is 0 Å². The van der Waals surface area contributed by atoms with Gasteiger partial charge in [0.25, 0.3) is 0 Å². The Labute approximate surface area is 152 Å². The van der Waals surface area contributed by atoms with E-state index in [1.807, 2.05) is 67.7 Å². The summed E-state index contributed by atoms with van der Waals surface area (Å²) in [5, 5.41) is 1.02.